The summed E-state index contributed by atoms with van der Waals surface area (Å²) < 4.78 is 0. The predicted molar refractivity (Wildman–Crippen MR) is 96.7 cm³/mol. The van der Waals surface area contributed by atoms with Gasteiger partial charge in [-0.1, -0.05) is 12.6 Å². The van der Waals surface area contributed by atoms with Crippen LogP contribution in [0.2, 0.25) is 0 Å². The van der Waals surface area contributed by atoms with Crippen LogP contribution < -0.4 is 0 Å². The minimum atomic E-state index is -0.572. The molecule has 2 aromatic rings. The summed E-state index contributed by atoms with van der Waals surface area (Å²) in [4.78, 5) is 0. The first kappa shape index (κ1) is 16.1. The molecule has 0 radical (unpaired) electrons. The summed E-state index contributed by atoms with van der Waals surface area (Å²) in [6.45, 7) is 4.04. The molecule has 2 unspecified atom stereocenters. The normalized spacial score (nSPS) is 25.5. The molecule has 4 rings (SSSR count). The molecule has 0 amide bonds. The molecule has 2 aromatic carbocycles. The Kier molecular flexibility index (Phi) is 3.47. The zero-order valence-corrected chi connectivity index (χ0v) is 13.8. The molecular formula is C21H18O5. The van der Waals surface area contributed by atoms with Crippen LogP contribution in [0.15, 0.2) is 66.2 Å². The Labute approximate surface area is 150 Å². The molecule has 2 aliphatic carbocycles. The van der Waals surface area contributed by atoms with Crippen LogP contribution >= 0.6 is 0 Å². The molecule has 0 aliphatic heterocycles. The molecule has 5 nitrogen and oxygen atoms in total. The lowest BCUT2D eigenvalue weighted by atomic mass is 9.81. The maximum absolute atomic E-state index is 10.6. The van der Waals surface area contributed by atoms with E-state index in [1.165, 1.54) is 24.3 Å². The molecule has 0 fully saturated rings. The zero-order valence-electron chi connectivity index (χ0n) is 13.8. The van der Waals surface area contributed by atoms with E-state index in [2.05, 4.69) is 6.58 Å². The van der Waals surface area contributed by atoms with Crippen LogP contribution in [0.1, 0.15) is 34.1 Å². The average Bonchev–Trinajstić information content (AvgIpc) is 2.66. The van der Waals surface area contributed by atoms with Crippen LogP contribution in [-0.2, 0) is 6.42 Å². The highest BCUT2D eigenvalue weighted by molar-refractivity contribution is 5.62. The summed E-state index contributed by atoms with van der Waals surface area (Å²) in [6, 6.07) is 7.71. The van der Waals surface area contributed by atoms with Crippen molar-refractivity contribution < 1.29 is 25.5 Å². The summed E-state index contributed by atoms with van der Waals surface area (Å²) >= 11 is 0. The summed E-state index contributed by atoms with van der Waals surface area (Å²) in [7, 11) is 0. The molecule has 0 saturated carbocycles. The second-order valence-corrected chi connectivity index (χ2v) is 6.75. The van der Waals surface area contributed by atoms with Gasteiger partial charge in [0.1, 0.15) is 28.8 Å². The summed E-state index contributed by atoms with van der Waals surface area (Å²) in [5, 5.41) is 51.4. The largest absolute Gasteiger partial charge is 0.512 e. The third-order valence-corrected chi connectivity index (χ3v) is 5.06. The molecule has 0 heterocycles. The summed E-state index contributed by atoms with van der Waals surface area (Å²) in [6.07, 6.45) is 3.07. The van der Waals surface area contributed by atoms with E-state index in [1.807, 2.05) is 0 Å². The first-order valence-electron chi connectivity index (χ1n) is 8.22. The van der Waals surface area contributed by atoms with E-state index in [-0.39, 0.29) is 28.8 Å². The highest BCUT2D eigenvalue weighted by Gasteiger charge is 2.35. The van der Waals surface area contributed by atoms with Crippen molar-refractivity contribution in [3.63, 3.8) is 0 Å². The van der Waals surface area contributed by atoms with Gasteiger partial charge in [-0.3, -0.25) is 0 Å². The Morgan fingerprint density at radius 1 is 0.846 bits per heavy atom. The van der Waals surface area contributed by atoms with E-state index in [0.717, 1.165) is 11.1 Å². The number of benzene rings is 2. The molecule has 0 saturated heterocycles. The lowest BCUT2D eigenvalue weighted by molar-refractivity contribution is 0.354. The van der Waals surface area contributed by atoms with Crippen LogP contribution in [-0.4, -0.2) is 25.5 Å². The molecule has 0 aromatic heterocycles. The first-order chi connectivity index (χ1) is 12.3. The fourth-order valence-corrected chi connectivity index (χ4v) is 3.99. The number of rotatable bonds is 0. The van der Waals surface area contributed by atoms with Crippen LogP contribution in [0.4, 0.5) is 0 Å². The van der Waals surface area contributed by atoms with Crippen molar-refractivity contribution in [2.24, 2.45) is 0 Å². The predicted octanol–water partition coefficient (Wildman–Crippen LogP) is 4.03. The SMILES string of the molecule is C=C1/C=C(O)\C=C(\O)C2Cc3ccc(O)cc3C1c1c(O)cc(O)cc12. The maximum atomic E-state index is 10.6. The van der Waals surface area contributed by atoms with Gasteiger partial charge in [0, 0.05) is 29.5 Å². The third-order valence-electron chi connectivity index (χ3n) is 5.06. The van der Waals surface area contributed by atoms with E-state index in [9.17, 15) is 25.5 Å². The lowest BCUT2D eigenvalue weighted by Crippen LogP contribution is -2.08. The van der Waals surface area contributed by atoms with Gasteiger partial charge in [0.15, 0.2) is 0 Å². The number of aliphatic hydroxyl groups excluding tert-OH is 2. The van der Waals surface area contributed by atoms with Gasteiger partial charge in [0.05, 0.1) is 0 Å². The van der Waals surface area contributed by atoms with Crippen molar-refractivity contribution in [2.75, 3.05) is 0 Å². The van der Waals surface area contributed by atoms with Crippen LogP contribution in [0.25, 0.3) is 0 Å². The monoisotopic (exact) mass is 350 g/mol. The maximum Gasteiger partial charge on any atom is 0.123 e. The Bertz CT molecular complexity index is 1000. The van der Waals surface area contributed by atoms with Crippen molar-refractivity contribution >= 4 is 0 Å². The van der Waals surface area contributed by atoms with Crippen molar-refractivity contribution in [1.82, 2.24) is 0 Å². The summed E-state index contributed by atoms with van der Waals surface area (Å²) in [5.74, 6) is -1.52. The lowest BCUT2D eigenvalue weighted by Gasteiger charge is -2.23. The van der Waals surface area contributed by atoms with E-state index in [4.69, 9.17) is 0 Å². The number of hydrogen-bond donors (Lipinski definition) is 5. The second kappa shape index (κ2) is 5.59. The van der Waals surface area contributed by atoms with Crippen molar-refractivity contribution in [3.8, 4) is 17.2 Å². The minimum absolute atomic E-state index is 0.0739. The molecule has 132 valence electrons. The zero-order chi connectivity index (χ0) is 18.6. The van der Waals surface area contributed by atoms with Gasteiger partial charge in [-0.15, -0.1) is 0 Å². The van der Waals surface area contributed by atoms with Crippen LogP contribution in [0.5, 0.6) is 17.2 Å². The number of aromatic hydroxyl groups is 3. The molecule has 2 atom stereocenters. The summed E-state index contributed by atoms with van der Waals surface area (Å²) in [5.41, 5.74) is 3.15. The molecule has 26 heavy (non-hydrogen) atoms. The Hall–Kier alpha value is -3.34. The van der Waals surface area contributed by atoms with Crippen molar-refractivity contribution in [2.45, 2.75) is 18.3 Å². The number of allylic oxidation sites excluding steroid dienone is 4. The number of hydrogen-bond acceptors (Lipinski definition) is 5. The molecule has 2 bridgehead atoms. The van der Waals surface area contributed by atoms with E-state index < -0.39 is 11.8 Å². The standard InChI is InChI=1S/C21H18O5/c1-10-4-13(23)8-18(25)16-5-11-2-3-12(22)6-15(11)20(10)21-17(16)7-14(24)9-19(21)26/h2-4,6-9,16,20,22-26H,1,5H2/b13-4+,18-8+. The van der Waals surface area contributed by atoms with Crippen molar-refractivity contribution in [3.05, 3.63) is 88.4 Å². The number of phenols is 3. The molecule has 5 N–H and O–H groups in total. The molecule has 5 heteroatoms. The van der Waals surface area contributed by atoms with Gasteiger partial charge in [-0.25, -0.2) is 0 Å². The van der Waals surface area contributed by atoms with Crippen molar-refractivity contribution in [1.29, 1.82) is 0 Å². The minimum Gasteiger partial charge on any atom is -0.512 e. The van der Waals surface area contributed by atoms with Gasteiger partial charge in [-0.2, -0.15) is 0 Å². The molecule has 2 aliphatic rings. The van der Waals surface area contributed by atoms with Gasteiger partial charge >= 0.3 is 0 Å². The third kappa shape index (κ3) is 2.40. The number of phenolic OH excluding ortho intramolecular Hbond substituents is 3. The van der Waals surface area contributed by atoms with Crippen LogP contribution in [0.3, 0.4) is 0 Å². The average molecular weight is 350 g/mol. The number of fused-ring (bicyclic) bond motifs is 2. The fourth-order valence-electron chi connectivity index (χ4n) is 3.99. The highest BCUT2D eigenvalue weighted by Crippen LogP contribution is 2.50. The van der Waals surface area contributed by atoms with Gasteiger partial charge in [0.25, 0.3) is 0 Å². The quantitative estimate of drug-likeness (QED) is 0.494. The molecular weight excluding hydrogens is 332 g/mol. The van der Waals surface area contributed by atoms with E-state index in [0.29, 0.717) is 23.1 Å². The van der Waals surface area contributed by atoms with E-state index in [1.54, 1.807) is 18.2 Å². The molecule has 0 spiro atoms. The highest BCUT2D eigenvalue weighted by atomic mass is 16.3. The Morgan fingerprint density at radius 2 is 1.58 bits per heavy atom. The van der Waals surface area contributed by atoms with E-state index >= 15 is 0 Å². The Balaban J connectivity index is 2.15. The second-order valence-electron chi connectivity index (χ2n) is 6.75. The number of aliphatic hydroxyl groups is 2. The van der Waals surface area contributed by atoms with Gasteiger partial charge < -0.3 is 25.5 Å². The Morgan fingerprint density at radius 3 is 2.35 bits per heavy atom. The smallest absolute Gasteiger partial charge is 0.123 e. The fraction of sp³-hybridized carbons (Fsp3) is 0.143. The van der Waals surface area contributed by atoms with Gasteiger partial charge in [-0.05, 0) is 53.0 Å². The first-order valence-corrected chi connectivity index (χ1v) is 8.22. The van der Waals surface area contributed by atoms with Crippen LogP contribution in [0, 0.1) is 0 Å². The van der Waals surface area contributed by atoms with Gasteiger partial charge in [0.2, 0.25) is 0 Å². The topological polar surface area (TPSA) is 101 Å².